The standard InChI is InChI=1S/C18H23N3O.ClH/c1-13(14-7-5-4-6-8-14)20-15-9-11-16(12-10-15)21-17(22)18(2,3)19;/h4-13,20H,19H2,1-3H3,(H,21,22);1H. The van der Waals surface area contributed by atoms with Crippen molar-refractivity contribution >= 4 is 29.7 Å². The second-order valence-corrected chi connectivity index (χ2v) is 6.03. The van der Waals surface area contributed by atoms with E-state index in [-0.39, 0.29) is 24.4 Å². The number of halogens is 1. The Morgan fingerprint density at radius 2 is 1.52 bits per heavy atom. The lowest BCUT2D eigenvalue weighted by Gasteiger charge is -2.19. The molecule has 0 bridgehead atoms. The molecule has 0 spiro atoms. The molecule has 124 valence electrons. The maximum Gasteiger partial charge on any atom is 0.243 e. The van der Waals surface area contributed by atoms with Crippen LogP contribution in [0, 0.1) is 0 Å². The van der Waals surface area contributed by atoms with E-state index in [1.54, 1.807) is 13.8 Å². The Morgan fingerprint density at radius 1 is 1.00 bits per heavy atom. The Kier molecular flexibility index (Phi) is 6.61. The number of nitrogens with one attached hydrogen (secondary N) is 2. The van der Waals surface area contributed by atoms with E-state index in [1.165, 1.54) is 5.56 Å². The minimum absolute atomic E-state index is 0. The van der Waals surface area contributed by atoms with Crippen molar-refractivity contribution in [3.05, 3.63) is 60.2 Å². The van der Waals surface area contributed by atoms with Gasteiger partial charge in [0.1, 0.15) is 0 Å². The maximum absolute atomic E-state index is 11.8. The van der Waals surface area contributed by atoms with Crippen LogP contribution in [0.4, 0.5) is 11.4 Å². The van der Waals surface area contributed by atoms with E-state index in [0.29, 0.717) is 0 Å². The summed E-state index contributed by atoms with van der Waals surface area (Å²) in [5.74, 6) is -0.203. The normalized spacial score (nSPS) is 12.0. The van der Waals surface area contributed by atoms with Crippen molar-refractivity contribution in [2.24, 2.45) is 5.73 Å². The molecule has 4 nitrogen and oxygen atoms in total. The monoisotopic (exact) mass is 333 g/mol. The highest BCUT2D eigenvalue weighted by Gasteiger charge is 2.21. The van der Waals surface area contributed by atoms with Gasteiger partial charge in [0, 0.05) is 17.4 Å². The molecule has 5 heteroatoms. The van der Waals surface area contributed by atoms with Gasteiger partial charge in [0.15, 0.2) is 0 Å². The summed E-state index contributed by atoms with van der Waals surface area (Å²) in [6, 6.07) is 18.1. The molecule has 0 saturated carbocycles. The van der Waals surface area contributed by atoms with Crippen LogP contribution in [0.3, 0.4) is 0 Å². The smallest absolute Gasteiger partial charge is 0.243 e. The SMILES string of the molecule is CC(Nc1ccc(NC(=O)C(C)(C)N)cc1)c1ccccc1.Cl. The van der Waals surface area contributed by atoms with Crippen molar-refractivity contribution in [3.8, 4) is 0 Å². The van der Waals surface area contributed by atoms with E-state index < -0.39 is 5.54 Å². The van der Waals surface area contributed by atoms with Gasteiger partial charge in [-0.2, -0.15) is 0 Å². The van der Waals surface area contributed by atoms with Gasteiger partial charge in [-0.1, -0.05) is 30.3 Å². The summed E-state index contributed by atoms with van der Waals surface area (Å²) in [7, 11) is 0. The summed E-state index contributed by atoms with van der Waals surface area (Å²) >= 11 is 0. The molecule has 0 aliphatic heterocycles. The molecule has 1 amide bonds. The van der Waals surface area contributed by atoms with Crippen molar-refractivity contribution in [2.45, 2.75) is 32.4 Å². The van der Waals surface area contributed by atoms with Crippen LogP contribution in [0.2, 0.25) is 0 Å². The van der Waals surface area contributed by atoms with Crippen LogP contribution in [0.15, 0.2) is 54.6 Å². The van der Waals surface area contributed by atoms with Crippen LogP contribution in [0.5, 0.6) is 0 Å². The Hall–Kier alpha value is -2.04. The van der Waals surface area contributed by atoms with Crippen LogP contribution in [-0.4, -0.2) is 11.4 Å². The minimum Gasteiger partial charge on any atom is -0.379 e. The van der Waals surface area contributed by atoms with E-state index >= 15 is 0 Å². The van der Waals surface area contributed by atoms with Crippen LogP contribution >= 0.6 is 12.4 Å². The Balaban J connectivity index is 0.00000264. The van der Waals surface area contributed by atoms with Crippen molar-refractivity contribution in [1.82, 2.24) is 0 Å². The fourth-order valence-electron chi connectivity index (χ4n) is 2.02. The minimum atomic E-state index is -0.890. The van der Waals surface area contributed by atoms with Crippen LogP contribution < -0.4 is 16.4 Å². The predicted molar refractivity (Wildman–Crippen MR) is 99.1 cm³/mol. The average molecular weight is 334 g/mol. The summed E-state index contributed by atoms with van der Waals surface area (Å²) in [6.07, 6.45) is 0. The summed E-state index contributed by atoms with van der Waals surface area (Å²) in [5.41, 5.74) is 7.84. The first kappa shape index (κ1) is 19.0. The number of carbonyl (C=O) groups is 1. The number of benzene rings is 2. The molecular formula is C18H24ClN3O. The highest BCUT2D eigenvalue weighted by atomic mass is 35.5. The van der Waals surface area contributed by atoms with Gasteiger partial charge in [-0.05, 0) is 50.6 Å². The zero-order chi connectivity index (χ0) is 16.2. The third kappa shape index (κ3) is 5.58. The van der Waals surface area contributed by atoms with Gasteiger partial charge in [0.05, 0.1) is 5.54 Å². The molecular weight excluding hydrogens is 310 g/mol. The third-order valence-electron chi connectivity index (χ3n) is 3.41. The second-order valence-electron chi connectivity index (χ2n) is 6.03. The van der Waals surface area contributed by atoms with Crippen molar-refractivity contribution < 1.29 is 4.79 Å². The quantitative estimate of drug-likeness (QED) is 0.776. The molecule has 0 aromatic heterocycles. The fraction of sp³-hybridized carbons (Fsp3) is 0.278. The third-order valence-corrected chi connectivity index (χ3v) is 3.41. The lowest BCUT2D eigenvalue weighted by molar-refractivity contribution is -0.120. The first-order chi connectivity index (χ1) is 10.4. The molecule has 0 aliphatic carbocycles. The molecule has 1 atom stereocenters. The molecule has 0 aliphatic rings. The van der Waals surface area contributed by atoms with Gasteiger partial charge < -0.3 is 16.4 Å². The zero-order valence-corrected chi connectivity index (χ0v) is 14.5. The maximum atomic E-state index is 11.8. The van der Waals surface area contributed by atoms with Gasteiger partial charge in [0.2, 0.25) is 5.91 Å². The molecule has 1 unspecified atom stereocenters. The number of hydrogen-bond donors (Lipinski definition) is 3. The molecule has 0 radical (unpaired) electrons. The van der Waals surface area contributed by atoms with Gasteiger partial charge in [0.25, 0.3) is 0 Å². The van der Waals surface area contributed by atoms with E-state index in [2.05, 4.69) is 29.7 Å². The summed E-state index contributed by atoms with van der Waals surface area (Å²) in [5, 5.41) is 6.23. The van der Waals surface area contributed by atoms with E-state index in [0.717, 1.165) is 11.4 Å². The van der Waals surface area contributed by atoms with Crippen LogP contribution in [0.1, 0.15) is 32.4 Å². The highest BCUT2D eigenvalue weighted by molar-refractivity contribution is 5.97. The molecule has 2 aromatic carbocycles. The Bertz CT molecular complexity index is 621. The largest absolute Gasteiger partial charge is 0.379 e. The first-order valence-corrected chi connectivity index (χ1v) is 7.38. The Labute approximate surface area is 143 Å². The number of hydrogen-bond acceptors (Lipinski definition) is 3. The number of anilines is 2. The van der Waals surface area contributed by atoms with E-state index in [9.17, 15) is 4.79 Å². The van der Waals surface area contributed by atoms with Crippen LogP contribution in [0.25, 0.3) is 0 Å². The topological polar surface area (TPSA) is 67.1 Å². The number of amides is 1. The van der Waals surface area contributed by atoms with Crippen LogP contribution in [-0.2, 0) is 4.79 Å². The van der Waals surface area contributed by atoms with Gasteiger partial charge in [-0.15, -0.1) is 12.4 Å². The fourth-order valence-corrected chi connectivity index (χ4v) is 2.02. The molecule has 23 heavy (non-hydrogen) atoms. The molecule has 2 rings (SSSR count). The summed E-state index contributed by atoms with van der Waals surface area (Å²) < 4.78 is 0. The molecule has 4 N–H and O–H groups in total. The molecule has 0 fully saturated rings. The number of rotatable bonds is 5. The molecule has 2 aromatic rings. The van der Waals surface area contributed by atoms with Crippen molar-refractivity contribution in [3.63, 3.8) is 0 Å². The molecule has 0 heterocycles. The van der Waals surface area contributed by atoms with E-state index in [1.807, 2.05) is 42.5 Å². The lowest BCUT2D eigenvalue weighted by Crippen LogP contribution is -2.45. The van der Waals surface area contributed by atoms with Gasteiger partial charge in [-0.25, -0.2) is 0 Å². The zero-order valence-electron chi connectivity index (χ0n) is 13.7. The summed E-state index contributed by atoms with van der Waals surface area (Å²) in [6.45, 7) is 5.47. The lowest BCUT2D eigenvalue weighted by atomic mass is 10.1. The average Bonchev–Trinajstić information content (AvgIpc) is 2.49. The van der Waals surface area contributed by atoms with Gasteiger partial charge in [-0.3, -0.25) is 4.79 Å². The predicted octanol–water partition coefficient (Wildman–Crippen LogP) is 3.96. The van der Waals surface area contributed by atoms with Gasteiger partial charge >= 0.3 is 0 Å². The highest BCUT2D eigenvalue weighted by Crippen LogP contribution is 2.21. The number of carbonyl (C=O) groups excluding carboxylic acids is 1. The summed E-state index contributed by atoms with van der Waals surface area (Å²) in [4.78, 5) is 11.8. The van der Waals surface area contributed by atoms with E-state index in [4.69, 9.17) is 5.73 Å². The second kappa shape index (κ2) is 7.99. The number of nitrogens with two attached hydrogens (primary N) is 1. The molecule has 0 saturated heterocycles. The van der Waals surface area contributed by atoms with Crippen molar-refractivity contribution in [2.75, 3.05) is 10.6 Å². The first-order valence-electron chi connectivity index (χ1n) is 7.38. The van der Waals surface area contributed by atoms with Crippen molar-refractivity contribution in [1.29, 1.82) is 0 Å². The Morgan fingerprint density at radius 3 is 2.04 bits per heavy atom.